The standard InChI is InChI=1S/C21H20BrN3O2/c22-15-7-5-6-14(12-15)20(26)23-13-19-17-10-3-4-11-18(17)21(27)25(24-19)16-8-1-2-9-16/h3-7,10-12,16H,1-2,8-9,13H2,(H,23,26). The van der Waals surface area contributed by atoms with Crippen molar-refractivity contribution in [3.05, 3.63) is 74.6 Å². The Kier molecular flexibility index (Phi) is 5.07. The van der Waals surface area contributed by atoms with Crippen molar-refractivity contribution >= 4 is 32.6 Å². The van der Waals surface area contributed by atoms with Crippen LogP contribution in [0.2, 0.25) is 0 Å². The molecule has 0 spiro atoms. The lowest BCUT2D eigenvalue weighted by atomic mass is 10.1. The lowest BCUT2D eigenvalue weighted by molar-refractivity contribution is 0.0950. The number of carbonyl (C=O) groups excluding carboxylic acids is 1. The number of nitrogens with one attached hydrogen (secondary N) is 1. The first-order valence-electron chi connectivity index (χ1n) is 9.17. The monoisotopic (exact) mass is 425 g/mol. The van der Waals surface area contributed by atoms with E-state index in [1.807, 2.05) is 36.4 Å². The molecule has 5 nitrogen and oxygen atoms in total. The van der Waals surface area contributed by atoms with Crippen LogP contribution in [0.5, 0.6) is 0 Å². The Bertz CT molecular complexity index is 1050. The molecule has 138 valence electrons. The number of carbonyl (C=O) groups is 1. The average molecular weight is 426 g/mol. The Labute approximate surface area is 165 Å². The van der Waals surface area contributed by atoms with Gasteiger partial charge in [-0.05, 0) is 37.1 Å². The summed E-state index contributed by atoms with van der Waals surface area (Å²) in [4.78, 5) is 25.4. The minimum atomic E-state index is -0.166. The summed E-state index contributed by atoms with van der Waals surface area (Å²) >= 11 is 3.38. The van der Waals surface area contributed by atoms with Gasteiger partial charge in [0.2, 0.25) is 0 Å². The first-order valence-corrected chi connectivity index (χ1v) is 9.97. The number of amides is 1. The highest BCUT2D eigenvalue weighted by Crippen LogP contribution is 2.28. The molecular weight excluding hydrogens is 406 g/mol. The molecule has 1 saturated carbocycles. The average Bonchev–Trinajstić information content (AvgIpc) is 3.22. The highest BCUT2D eigenvalue weighted by Gasteiger charge is 2.21. The molecule has 6 heteroatoms. The molecule has 1 amide bonds. The van der Waals surface area contributed by atoms with Crippen molar-refractivity contribution in [2.45, 2.75) is 38.3 Å². The van der Waals surface area contributed by atoms with Crippen LogP contribution in [0.3, 0.4) is 0 Å². The third kappa shape index (κ3) is 3.67. The van der Waals surface area contributed by atoms with Gasteiger partial charge in [0.05, 0.1) is 23.7 Å². The van der Waals surface area contributed by atoms with Crippen molar-refractivity contribution in [2.24, 2.45) is 0 Å². The van der Waals surface area contributed by atoms with Gasteiger partial charge in [-0.15, -0.1) is 0 Å². The van der Waals surface area contributed by atoms with Crippen molar-refractivity contribution in [3.63, 3.8) is 0 Å². The second-order valence-corrected chi connectivity index (χ2v) is 7.79. The van der Waals surface area contributed by atoms with E-state index in [4.69, 9.17) is 0 Å². The summed E-state index contributed by atoms with van der Waals surface area (Å²) in [5, 5.41) is 9.04. The van der Waals surface area contributed by atoms with Crippen LogP contribution in [0.4, 0.5) is 0 Å². The molecular formula is C21H20BrN3O2. The second-order valence-electron chi connectivity index (χ2n) is 6.87. The molecule has 2 aromatic carbocycles. The molecule has 4 rings (SSSR count). The molecule has 0 atom stereocenters. The lowest BCUT2D eigenvalue weighted by Crippen LogP contribution is -2.30. The van der Waals surface area contributed by atoms with Crippen molar-refractivity contribution in [2.75, 3.05) is 0 Å². The maximum absolute atomic E-state index is 12.9. The van der Waals surface area contributed by atoms with Gasteiger partial charge >= 0.3 is 0 Å². The minimum absolute atomic E-state index is 0.0421. The zero-order valence-electron chi connectivity index (χ0n) is 14.8. The van der Waals surface area contributed by atoms with Gasteiger partial charge in [-0.25, -0.2) is 4.68 Å². The zero-order chi connectivity index (χ0) is 18.8. The molecule has 0 unspecified atom stereocenters. The number of rotatable bonds is 4. The van der Waals surface area contributed by atoms with E-state index in [0.29, 0.717) is 10.9 Å². The van der Waals surface area contributed by atoms with Crippen LogP contribution in [0.15, 0.2) is 57.8 Å². The van der Waals surface area contributed by atoms with Crippen LogP contribution in [-0.4, -0.2) is 15.7 Å². The van der Waals surface area contributed by atoms with Gasteiger partial charge in [0.25, 0.3) is 11.5 Å². The summed E-state index contributed by atoms with van der Waals surface area (Å²) in [7, 11) is 0. The molecule has 0 radical (unpaired) electrons. The van der Waals surface area contributed by atoms with Crippen LogP contribution in [0.1, 0.15) is 47.8 Å². The van der Waals surface area contributed by atoms with Gasteiger partial charge in [-0.2, -0.15) is 5.10 Å². The highest BCUT2D eigenvalue weighted by atomic mass is 79.9. The van der Waals surface area contributed by atoms with Gasteiger partial charge in [0.1, 0.15) is 0 Å². The Morgan fingerprint density at radius 2 is 1.85 bits per heavy atom. The summed E-state index contributed by atoms with van der Waals surface area (Å²) in [6.45, 7) is 0.277. The molecule has 0 aliphatic heterocycles. The van der Waals surface area contributed by atoms with Crippen LogP contribution in [-0.2, 0) is 6.54 Å². The topological polar surface area (TPSA) is 64.0 Å². The normalized spacial score (nSPS) is 14.6. The first-order chi connectivity index (χ1) is 13.1. The fourth-order valence-corrected chi connectivity index (χ4v) is 4.10. The van der Waals surface area contributed by atoms with E-state index in [-0.39, 0.29) is 24.1 Å². The molecule has 1 aliphatic rings. The van der Waals surface area contributed by atoms with Crippen LogP contribution in [0, 0.1) is 0 Å². The number of halogens is 1. The predicted octanol–water partition coefficient (Wildman–Crippen LogP) is 4.20. The Hall–Kier alpha value is -2.47. The van der Waals surface area contributed by atoms with E-state index >= 15 is 0 Å². The maximum Gasteiger partial charge on any atom is 0.274 e. The van der Waals surface area contributed by atoms with E-state index in [0.717, 1.165) is 41.2 Å². The summed E-state index contributed by atoms with van der Waals surface area (Å²) in [5.41, 5.74) is 1.26. The molecule has 3 aromatic rings. The molecule has 1 heterocycles. The quantitative estimate of drug-likeness (QED) is 0.680. The van der Waals surface area contributed by atoms with Crippen molar-refractivity contribution < 1.29 is 4.79 Å². The molecule has 1 fully saturated rings. The molecule has 1 aromatic heterocycles. The van der Waals surface area contributed by atoms with E-state index < -0.39 is 0 Å². The fraction of sp³-hybridized carbons (Fsp3) is 0.286. The predicted molar refractivity (Wildman–Crippen MR) is 109 cm³/mol. The molecule has 1 aliphatic carbocycles. The minimum Gasteiger partial charge on any atom is -0.346 e. The van der Waals surface area contributed by atoms with Crippen molar-refractivity contribution in [1.82, 2.24) is 15.1 Å². The largest absolute Gasteiger partial charge is 0.346 e. The Balaban J connectivity index is 1.67. The number of benzene rings is 2. The third-order valence-corrected chi connectivity index (χ3v) is 5.57. The molecule has 1 N–H and O–H groups in total. The third-order valence-electron chi connectivity index (χ3n) is 5.08. The highest BCUT2D eigenvalue weighted by molar-refractivity contribution is 9.10. The second kappa shape index (κ2) is 7.64. The van der Waals surface area contributed by atoms with Crippen molar-refractivity contribution in [3.8, 4) is 0 Å². The van der Waals surface area contributed by atoms with E-state index in [1.165, 1.54) is 0 Å². The summed E-state index contributed by atoms with van der Waals surface area (Å²) in [6.07, 6.45) is 4.21. The van der Waals surface area contributed by atoms with Gasteiger partial charge in [0.15, 0.2) is 0 Å². The molecule has 27 heavy (non-hydrogen) atoms. The molecule has 0 saturated heterocycles. The van der Waals surface area contributed by atoms with Gasteiger partial charge < -0.3 is 5.32 Å². The van der Waals surface area contributed by atoms with Gasteiger partial charge in [-0.1, -0.05) is 53.0 Å². The smallest absolute Gasteiger partial charge is 0.274 e. The van der Waals surface area contributed by atoms with E-state index in [9.17, 15) is 9.59 Å². The van der Waals surface area contributed by atoms with E-state index in [2.05, 4.69) is 26.3 Å². The van der Waals surface area contributed by atoms with Gasteiger partial charge in [0, 0.05) is 15.4 Å². The lowest BCUT2D eigenvalue weighted by Gasteiger charge is -2.16. The molecule has 0 bridgehead atoms. The van der Waals surface area contributed by atoms with Crippen LogP contribution >= 0.6 is 15.9 Å². The van der Waals surface area contributed by atoms with Gasteiger partial charge in [-0.3, -0.25) is 9.59 Å². The number of hydrogen-bond acceptors (Lipinski definition) is 3. The number of nitrogens with zero attached hydrogens (tertiary/aromatic N) is 2. The Morgan fingerprint density at radius 1 is 1.11 bits per heavy atom. The van der Waals surface area contributed by atoms with Crippen LogP contribution < -0.4 is 10.9 Å². The maximum atomic E-state index is 12.9. The van der Waals surface area contributed by atoms with Crippen LogP contribution in [0.25, 0.3) is 10.8 Å². The summed E-state index contributed by atoms with van der Waals surface area (Å²) in [6, 6.07) is 14.9. The first kappa shape index (κ1) is 17.9. The summed E-state index contributed by atoms with van der Waals surface area (Å²) in [5.74, 6) is -0.166. The number of aromatic nitrogens is 2. The zero-order valence-corrected chi connectivity index (χ0v) is 16.4. The fourth-order valence-electron chi connectivity index (χ4n) is 3.70. The van der Waals surface area contributed by atoms with Crippen molar-refractivity contribution in [1.29, 1.82) is 0 Å². The Morgan fingerprint density at radius 3 is 2.59 bits per heavy atom. The number of fused-ring (bicyclic) bond motifs is 1. The SMILES string of the molecule is O=C(NCc1nn(C2CCCC2)c(=O)c2ccccc12)c1cccc(Br)c1. The van der Waals surface area contributed by atoms with E-state index in [1.54, 1.807) is 16.8 Å². The summed E-state index contributed by atoms with van der Waals surface area (Å²) < 4.78 is 2.49. The number of hydrogen-bond donors (Lipinski definition) is 1.